The summed E-state index contributed by atoms with van der Waals surface area (Å²) in [4.78, 5) is 17.3. The Morgan fingerprint density at radius 3 is 3.00 bits per heavy atom. The Morgan fingerprint density at radius 1 is 1.47 bits per heavy atom. The van der Waals surface area contributed by atoms with Crippen molar-refractivity contribution in [3.05, 3.63) is 39.2 Å². The Kier molecular flexibility index (Phi) is 3.28. The van der Waals surface area contributed by atoms with Crippen LogP contribution in [0.4, 0.5) is 10.9 Å². The van der Waals surface area contributed by atoms with Crippen LogP contribution >= 0.6 is 27.3 Å². The van der Waals surface area contributed by atoms with Gasteiger partial charge in [-0.15, -0.1) is 0 Å². The molecular formula is C13H12BrN3OS. The van der Waals surface area contributed by atoms with Crippen LogP contribution in [0.3, 0.4) is 0 Å². The third-order valence-electron chi connectivity index (χ3n) is 3.11. The fourth-order valence-electron chi connectivity index (χ4n) is 2.23. The average molecular weight is 338 g/mol. The zero-order valence-electron chi connectivity index (χ0n) is 10.2. The molecule has 1 amide bonds. The summed E-state index contributed by atoms with van der Waals surface area (Å²) >= 11 is 5.16. The van der Waals surface area contributed by atoms with Crippen LogP contribution in [0.15, 0.2) is 28.7 Å². The number of anilines is 2. The molecule has 0 saturated carbocycles. The van der Waals surface area contributed by atoms with Crippen molar-refractivity contribution in [3.8, 4) is 0 Å². The number of halogens is 1. The van der Waals surface area contributed by atoms with E-state index >= 15 is 0 Å². The van der Waals surface area contributed by atoms with Crippen LogP contribution in [0.25, 0.3) is 0 Å². The van der Waals surface area contributed by atoms with Crippen LogP contribution < -0.4 is 10.6 Å². The predicted octanol–water partition coefficient (Wildman–Crippen LogP) is 3.42. The van der Waals surface area contributed by atoms with E-state index in [1.165, 1.54) is 0 Å². The first-order valence-corrected chi connectivity index (χ1v) is 7.52. The van der Waals surface area contributed by atoms with Crippen molar-refractivity contribution in [2.75, 3.05) is 17.7 Å². The molecule has 0 aliphatic carbocycles. The van der Waals surface area contributed by atoms with E-state index in [1.807, 2.05) is 25.2 Å². The van der Waals surface area contributed by atoms with E-state index in [1.54, 1.807) is 11.3 Å². The quantitative estimate of drug-likeness (QED) is 0.882. The van der Waals surface area contributed by atoms with E-state index in [0.29, 0.717) is 12.2 Å². The van der Waals surface area contributed by atoms with Gasteiger partial charge in [0.25, 0.3) is 0 Å². The van der Waals surface area contributed by atoms with E-state index in [9.17, 15) is 4.79 Å². The summed E-state index contributed by atoms with van der Waals surface area (Å²) in [6.45, 7) is 0. The third-order valence-corrected chi connectivity index (χ3v) is 5.02. The van der Waals surface area contributed by atoms with Gasteiger partial charge in [-0.05, 0) is 11.6 Å². The van der Waals surface area contributed by atoms with Crippen molar-refractivity contribution in [3.63, 3.8) is 0 Å². The SMILES string of the molecule is CNc1nc2c(s1)[C@@H](c1ccccc1Br)CC(=O)N2. The molecule has 2 N–H and O–H groups in total. The summed E-state index contributed by atoms with van der Waals surface area (Å²) in [7, 11) is 1.83. The van der Waals surface area contributed by atoms with Crippen molar-refractivity contribution < 1.29 is 4.79 Å². The van der Waals surface area contributed by atoms with Crippen LogP contribution in [-0.4, -0.2) is 17.9 Å². The molecule has 2 heterocycles. The lowest BCUT2D eigenvalue weighted by Crippen LogP contribution is -2.22. The second-order valence-corrected chi connectivity index (χ2v) is 6.19. The second kappa shape index (κ2) is 4.94. The van der Waals surface area contributed by atoms with Gasteiger partial charge in [-0.1, -0.05) is 45.5 Å². The topological polar surface area (TPSA) is 54.0 Å². The van der Waals surface area contributed by atoms with E-state index in [2.05, 4.69) is 37.6 Å². The highest BCUT2D eigenvalue weighted by Gasteiger charge is 2.31. The van der Waals surface area contributed by atoms with Crippen LogP contribution in [0.5, 0.6) is 0 Å². The standard InChI is InChI=1S/C13H12BrN3OS/c1-15-13-17-12-11(19-13)8(6-10(18)16-12)7-4-2-3-5-9(7)14/h2-5,8H,6H2,1H3,(H,15,17)(H,16,18)/t8-/m1/s1. The number of carbonyl (C=O) groups is 1. The van der Waals surface area contributed by atoms with Crippen molar-refractivity contribution >= 4 is 44.1 Å². The lowest BCUT2D eigenvalue weighted by molar-refractivity contribution is -0.116. The van der Waals surface area contributed by atoms with Gasteiger partial charge < -0.3 is 10.6 Å². The van der Waals surface area contributed by atoms with Crippen molar-refractivity contribution in [2.24, 2.45) is 0 Å². The molecule has 1 aliphatic heterocycles. The monoisotopic (exact) mass is 337 g/mol. The van der Waals surface area contributed by atoms with Crippen molar-refractivity contribution in [1.82, 2.24) is 4.98 Å². The van der Waals surface area contributed by atoms with Crippen LogP contribution in [0.2, 0.25) is 0 Å². The zero-order valence-corrected chi connectivity index (χ0v) is 12.6. The zero-order chi connectivity index (χ0) is 13.4. The number of hydrogen-bond donors (Lipinski definition) is 2. The molecule has 6 heteroatoms. The molecule has 98 valence electrons. The molecular weight excluding hydrogens is 326 g/mol. The molecule has 3 rings (SSSR count). The van der Waals surface area contributed by atoms with Gasteiger partial charge in [0.1, 0.15) is 5.82 Å². The minimum atomic E-state index is 0.0150. The van der Waals surface area contributed by atoms with Gasteiger partial charge in [0.2, 0.25) is 5.91 Å². The number of benzene rings is 1. The molecule has 19 heavy (non-hydrogen) atoms. The summed E-state index contributed by atoms with van der Waals surface area (Å²) in [6.07, 6.45) is 0.459. The molecule has 1 aromatic carbocycles. The molecule has 2 aromatic rings. The van der Waals surface area contributed by atoms with E-state index in [0.717, 1.165) is 20.0 Å². The van der Waals surface area contributed by atoms with Gasteiger partial charge in [0.15, 0.2) is 5.13 Å². The van der Waals surface area contributed by atoms with Crippen molar-refractivity contribution in [1.29, 1.82) is 0 Å². The van der Waals surface area contributed by atoms with Gasteiger partial charge in [0.05, 0.1) is 4.88 Å². The highest BCUT2D eigenvalue weighted by molar-refractivity contribution is 9.10. The molecule has 1 aromatic heterocycles. The summed E-state index contributed by atoms with van der Waals surface area (Å²) < 4.78 is 1.03. The molecule has 4 nitrogen and oxygen atoms in total. The summed E-state index contributed by atoms with van der Waals surface area (Å²) in [6, 6.07) is 8.02. The van der Waals surface area contributed by atoms with Gasteiger partial charge >= 0.3 is 0 Å². The first-order chi connectivity index (χ1) is 9.19. The third kappa shape index (κ3) is 2.26. The van der Waals surface area contributed by atoms with Gasteiger partial charge in [-0.3, -0.25) is 4.79 Å². The van der Waals surface area contributed by atoms with Crippen LogP contribution in [0.1, 0.15) is 22.8 Å². The Hall–Kier alpha value is -1.40. The molecule has 0 saturated heterocycles. The average Bonchev–Trinajstić information content (AvgIpc) is 2.81. The smallest absolute Gasteiger partial charge is 0.226 e. The molecule has 0 unspecified atom stereocenters. The molecule has 0 bridgehead atoms. The number of fused-ring (bicyclic) bond motifs is 1. The van der Waals surface area contributed by atoms with Crippen molar-refractivity contribution in [2.45, 2.75) is 12.3 Å². The Labute approximate surface area is 123 Å². The number of rotatable bonds is 2. The summed E-state index contributed by atoms with van der Waals surface area (Å²) in [5.41, 5.74) is 1.13. The molecule has 1 atom stereocenters. The van der Waals surface area contributed by atoms with Gasteiger partial charge in [-0.25, -0.2) is 4.98 Å². The maximum Gasteiger partial charge on any atom is 0.226 e. The van der Waals surface area contributed by atoms with E-state index in [-0.39, 0.29) is 11.8 Å². The van der Waals surface area contributed by atoms with Crippen LogP contribution in [-0.2, 0) is 4.79 Å². The normalized spacial score (nSPS) is 17.8. The number of hydrogen-bond acceptors (Lipinski definition) is 4. The van der Waals surface area contributed by atoms with E-state index in [4.69, 9.17) is 0 Å². The largest absolute Gasteiger partial charge is 0.365 e. The number of aromatic nitrogens is 1. The summed E-state index contributed by atoms with van der Waals surface area (Å²) in [5, 5.41) is 6.69. The fourth-order valence-corrected chi connectivity index (χ4v) is 3.79. The molecule has 0 spiro atoms. The number of carbonyl (C=O) groups excluding carboxylic acids is 1. The Morgan fingerprint density at radius 2 is 2.26 bits per heavy atom. The summed E-state index contributed by atoms with van der Waals surface area (Å²) in [5.74, 6) is 0.770. The highest BCUT2D eigenvalue weighted by Crippen LogP contribution is 2.43. The van der Waals surface area contributed by atoms with Gasteiger partial charge in [0, 0.05) is 23.9 Å². The highest BCUT2D eigenvalue weighted by atomic mass is 79.9. The van der Waals surface area contributed by atoms with Gasteiger partial charge in [-0.2, -0.15) is 0 Å². The number of nitrogens with zero attached hydrogens (tertiary/aromatic N) is 1. The lowest BCUT2D eigenvalue weighted by Gasteiger charge is -2.22. The lowest BCUT2D eigenvalue weighted by atomic mass is 9.92. The number of thiazole rings is 1. The molecule has 0 radical (unpaired) electrons. The maximum absolute atomic E-state index is 11.8. The van der Waals surface area contributed by atoms with E-state index < -0.39 is 0 Å². The maximum atomic E-state index is 11.8. The Balaban J connectivity index is 2.10. The first kappa shape index (κ1) is 12.6. The number of amides is 1. The minimum absolute atomic E-state index is 0.0150. The molecule has 1 aliphatic rings. The second-order valence-electron chi connectivity index (χ2n) is 4.31. The Bertz CT molecular complexity index is 641. The molecule has 0 fully saturated rings. The fraction of sp³-hybridized carbons (Fsp3) is 0.231. The first-order valence-electron chi connectivity index (χ1n) is 5.92. The minimum Gasteiger partial charge on any atom is -0.365 e. The predicted molar refractivity (Wildman–Crippen MR) is 80.9 cm³/mol. The van der Waals surface area contributed by atoms with Crippen LogP contribution in [0, 0.1) is 0 Å². The number of nitrogens with one attached hydrogen (secondary N) is 2.